The summed E-state index contributed by atoms with van der Waals surface area (Å²) in [4.78, 5) is 21.1. The summed E-state index contributed by atoms with van der Waals surface area (Å²) in [7, 11) is 0. The zero-order chi connectivity index (χ0) is 19.5. The average Bonchev–Trinajstić information content (AvgIpc) is 3.12. The van der Waals surface area contributed by atoms with Gasteiger partial charge in [-0.3, -0.25) is 4.79 Å². The standard InChI is InChI=1S/C22H19N3O3/c1-14(2)27-18-10-8-15(9-11-18)21(26)24-17-6-3-5-16(13-17)22-25-20-19(28-22)7-4-12-23-20/h3-14H,1-2H3,(H,24,26). The van der Waals surface area contributed by atoms with E-state index < -0.39 is 0 Å². The molecule has 6 heteroatoms. The number of anilines is 1. The van der Waals surface area contributed by atoms with Crippen LogP contribution in [-0.2, 0) is 0 Å². The zero-order valence-electron chi connectivity index (χ0n) is 15.5. The molecule has 6 nitrogen and oxygen atoms in total. The highest BCUT2D eigenvalue weighted by molar-refractivity contribution is 6.04. The Bertz CT molecular complexity index is 1080. The molecule has 4 aromatic rings. The molecule has 28 heavy (non-hydrogen) atoms. The lowest BCUT2D eigenvalue weighted by Gasteiger charge is -2.10. The fourth-order valence-electron chi connectivity index (χ4n) is 2.78. The average molecular weight is 373 g/mol. The maximum atomic E-state index is 12.5. The molecule has 0 bridgehead atoms. The number of ether oxygens (including phenoxy) is 1. The summed E-state index contributed by atoms with van der Waals surface area (Å²) < 4.78 is 11.3. The number of fused-ring (bicyclic) bond motifs is 1. The summed E-state index contributed by atoms with van der Waals surface area (Å²) in [6.45, 7) is 3.92. The van der Waals surface area contributed by atoms with Crippen LogP contribution in [-0.4, -0.2) is 22.0 Å². The van der Waals surface area contributed by atoms with Gasteiger partial charge < -0.3 is 14.5 Å². The third-order valence-corrected chi connectivity index (χ3v) is 4.02. The number of nitrogens with zero attached hydrogens (tertiary/aromatic N) is 2. The molecule has 1 N–H and O–H groups in total. The van der Waals surface area contributed by atoms with Crippen molar-refractivity contribution in [3.63, 3.8) is 0 Å². The van der Waals surface area contributed by atoms with Gasteiger partial charge in [0.1, 0.15) is 5.75 Å². The van der Waals surface area contributed by atoms with Gasteiger partial charge in [0.05, 0.1) is 6.10 Å². The molecule has 0 aliphatic rings. The van der Waals surface area contributed by atoms with Gasteiger partial charge in [-0.2, -0.15) is 4.98 Å². The first kappa shape index (κ1) is 17.7. The fourth-order valence-corrected chi connectivity index (χ4v) is 2.78. The van der Waals surface area contributed by atoms with E-state index in [4.69, 9.17) is 9.15 Å². The van der Waals surface area contributed by atoms with Crippen LogP contribution in [0.25, 0.3) is 22.7 Å². The Hall–Kier alpha value is -3.67. The highest BCUT2D eigenvalue weighted by Crippen LogP contribution is 2.25. The van der Waals surface area contributed by atoms with E-state index in [9.17, 15) is 4.79 Å². The number of oxazole rings is 1. The molecule has 0 unspecified atom stereocenters. The zero-order valence-corrected chi connectivity index (χ0v) is 15.5. The highest BCUT2D eigenvalue weighted by atomic mass is 16.5. The van der Waals surface area contributed by atoms with Gasteiger partial charge in [-0.05, 0) is 68.4 Å². The van der Waals surface area contributed by atoms with E-state index in [1.54, 1.807) is 36.5 Å². The van der Waals surface area contributed by atoms with E-state index >= 15 is 0 Å². The van der Waals surface area contributed by atoms with Crippen molar-refractivity contribution in [3.05, 3.63) is 72.4 Å². The van der Waals surface area contributed by atoms with Crippen LogP contribution in [0, 0.1) is 0 Å². The van der Waals surface area contributed by atoms with Gasteiger partial charge in [0.25, 0.3) is 5.91 Å². The second-order valence-corrected chi connectivity index (χ2v) is 6.57. The third kappa shape index (κ3) is 3.86. The molecular weight excluding hydrogens is 354 g/mol. The van der Waals surface area contributed by atoms with Crippen molar-refractivity contribution < 1.29 is 13.9 Å². The number of aromatic nitrogens is 2. The molecule has 0 aliphatic carbocycles. The summed E-state index contributed by atoms with van der Waals surface area (Å²) in [5.74, 6) is 0.991. The van der Waals surface area contributed by atoms with Crippen LogP contribution in [0.1, 0.15) is 24.2 Å². The molecule has 0 saturated heterocycles. The van der Waals surface area contributed by atoms with E-state index in [2.05, 4.69) is 15.3 Å². The predicted octanol–water partition coefficient (Wildman–Crippen LogP) is 4.93. The van der Waals surface area contributed by atoms with Crippen LogP contribution in [0.4, 0.5) is 5.69 Å². The number of nitrogens with one attached hydrogen (secondary N) is 1. The lowest BCUT2D eigenvalue weighted by atomic mass is 10.1. The van der Waals surface area contributed by atoms with Gasteiger partial charge in [0.15, 0.2) is 11.2 Å². The van der Waals surface area contributed by atoms with Crippen molar-refractivity contribution in [2.45, 2.75) is 20.0 Å². The Morgan fingerprint density at radius 3 is 2.64 bits per heavy atom. The molecule has 1 amide bonds. The maximum Gasteiger partial charge on any atom is 0.255 e. The van der Waals surface area contributed by atoms with Crippen molar-refractivity contribution in [1.29, 1.82) is 0 Å². The molecule has 0 spiro atoms. The molecule has 2 heterocycles. The SMILES string of the molecule is CC(C)Oc1ccc(C(=O)Nc2cccc(-c3nc4ncccc4o3)c2)cc1. The smallest absolute Gasteiger partial charge is 0.255 e. The van der Waals surface area contributed by atoms with Gasteiger partial charge in [-0.25, -0.2) is 4.98 Å². The number of hydrogen-bond donors (Lipinski definition) is 1. The summed E-state index contributed by atoms with van der Waals surface area (Å²) in [5, 5.41) is 2.90. The summed E-state index contributed by atoms with van der Waals surface area (Å²) in [6, 6.07) is 18.0. The molecule has 4 rings (SSSR count). The van der Waals surface area contributed by atoms with Crippen molar-refractivity contribution in [1.82, 2.24) is 9.97 Å². The molecule has 2 aromatic carbocycles. The number of rotatable bonds is 5. The summed E-state index contributed by atoms with van der Waals surface area (Å²) >= 11 is 0. The van der Waals surface area contributed by atoms with Crippen molar-refractivity contribution in [2.75, 3.05) is 5.32 Å². The fraction of sp³-hybridized carbons (Fsp3) is 0.136. The van der Waals surface area contributed by atoms with Crippen LogP contribution in [0.15, 0.2) is 71.3 Å². The first-order valence-corrected chi connectivity index (χ1v) is 8.98. The van der Waals surface area contributed by atoms with Gasteiger partial charge in [-0.1, -0.05) is 6.07 Å². The van der Waals surface area contributed by atoms with Crippen LogP contribution >= 0.6 is 0 Å². The van der Waals surface area contributed by atoms with Gasteiger partial charge in [0.2, 0.25) is 5.89 Å². The number of amides is 1. The Labute approximate surface area is 162 Å². The molecule has 140 valence electrons. The quantitative estimate of drug-likeness (QED) is 0.537. The molecule has 0 fully saturated rings. The number of hydrogen-bond acceptors (Lipinski definition) is 5. The minimum absolute atomic E-state index is 0.0875. The van der Waals surface area contributed by atoms with Crippen LogP contribution in [0.2, 0.25) is 0 Å². The minimum Gasteiger partial charge on any atom is -0.491 e. The number of carbonyl (C=O) groups is 1. The number of benzene rings is 2. The van der Waals surface area contributed by atoms with E-state index in [0.717, 1.165) is 11.3 Å². The monoisotopic (exact) mass is 373 g/mol. The van der Waals surface area contributed by atoms with E-state index in [-0.39, 0.29) is 12.0 Å². The molecule has 0 saturated carbocycles. The third-order valence-electron chi connectivity index (χ3n) is 4.02. The largest absolute Gasteiger partial charge is 0.491 e. The maximum absolute atomic E-state index is 12.5. The minimum atomic E-state index is -0.201. The highest BCUT2D eigenvalue weighted by Gasteiger charge is 2.11. The first-order chi connectivity index (χ1) is 13.6. The predicted molar refractivity (Wildman–Crippen MR) is 107 cm³/mol. The Morgan fingerprint density at radius 2 is 1.89 bits per heavy atom. The number of carbonyl (C=O) groups excluding carboxylic acids is 1. The van der Waals surface area contributed by atoms with Gasteiger partial charge >= 0.3 is 0 Å². The van der Waals surface area contributed by atoms with Crippen LogP contribution < -0.4 is 10.1 Å². The molecule has 0 aliphatic heterocycles. The number of pyridine rings is 1. The molecule has 0 radical (unpaired) electrons. The summed E-state index contributed by atoms with van der Waals surface area (Å²) in [6.07, 6.45) is 1.76. The van der Waals surface area contributed by atoms with E-state index in [0.29, 0.717) is 28.4 Å². The second-order valence-electron chi connectivity index (χ2n) is 6.57. The first-order valence-electron chi connectivity index (χ1n) is 8.98. The molecule has 2 aromatic heterocycles. The summed E-state index contributed by atoms with van der Waals surface area (Å²) in [5.41, 5.74) is 3.13. The molecular formula is C22H19N3O3. The Kier molecular flexibility index (Phi) is 4.76. The van der Waals surface area contributed by atoms with Crippen LogP contribution in [0.3, 0.4) is 0 Å². The molecule has 0 atom stereocenters. The van der Waals surface area contributed by atoms with Gasteiger partial charge in [0, 0.05) is 23.0 Å². The second kappa shape index (κ2) is 7.52. The van der Waals surface area contributed by atoms with E-state index in [1.807, 2.05) is 44.2 Å². The van der Waals surface area contributed by atoms with Crippen LogP contribution in [0.5, 0.6) is 5.75 Å². The topological polar surface area (TPSA) is 77.2 Å². The van der Waals surface area contributed by atoms with Crippen molar-refractivity contribution >= 4 is 22.8 Å². The Morgan fingerprint density at radius 1 is 1.07 bits per heavy atom. The lowest BCUT2D eigenvalue weighted by molar-refractivity contribution is 0.102. The lowest BCUT2D eigenvalue weighted by Crippen LogP contribution is -2.12. The van der Waals surface area contributed by atoms with E-state index in [1.165, 1.54) is 0 Å². The van der Waals surface area contributed by atoms with Crippen molar-refractivity contribution in [2.24, 2.45) is 0 Å². The normalized spacial score (nSPS) is 11.0. The van der Waals surface area contributed by atoms with Gasteiger partial charge in [-0.15, -0.1) is 0 Å². The Balaban J connectivity index is 1.52. The van der Waals surface area contributed by atoms with Crippen molar-refractivity contribution in [3.8, 4) is 17.2 Å².